The standard InChI is InChI=1S/C9H10ClN3O2S/c1-15-7-3-2-5(10)4-6(7)8(14)12-13-9(11)16/h2-4H,1H3,(H,12,14)(H3,11,13,16). The van der Waals surface area contributed by atoms with Crippen LogP contribution in [0.5, 0.6) is 5.75 Å². The number of hydrazine groups is 1. The van der Waals surface area contributed by atoms with Gasteiger partial charge in [-0.2, -0.15) is 0 Å². The SMILES string of the molecule is COc1ccc(Cl)cc1C(=O)NNC(N)=S. The van der Waals surface area contributed by atoms with Gasteiger partial charge >= 0.3 is 0 Å². The lowest BCUT2D eigenvalue weighted by Crippen LogP contribution is -2.44. The van der Waals surface area contributed by atoms with Crippen LogP contribution in [0.15, 0.2) is 18.2 Å². The van der Waals surface area contributed by atoms with Crippen LogP contribution < -0.4 is 21.3 Å². The largest absolute Gasteiger partial charge is 0.496 e. The predicted molar refractivity (Wildman–Crippen MR) is 65.4 cm³/mol. The van der Waals surface area contributed by atoms with Crippen LogP contribution in [0, 0.1) is 0 Å². The fourth-order valence-corrected chi connectivity index (χ4v) is 1.27. The number of carbonyl (C=O) groups is 1. The zero-order chi connectivity index (χ0) is 12.1. The van der Waals surface area contributed by atoms with Crippen LogP contribution in [0.1, 0.15) is 10.4 Å². The number of hydrogen-bond donors (Lipinski definition) is 3. The number of ether oxygens (including phenoxy) is 1. The summed E-state index contributed by atoms with van der Waals surface area (Å²) in [5.74, 6) is -0.0289. The van der Waals surface area contributed by atoms with Crippen molar-refractivity contribution in [1.82, 2.24) is 10.9 Å². The fourth-order valence-electron chi connectivity index (χ4n) is 1.04. The number of carbonyl (C=O) groups excluding carboxylic acids is 1. The summed E-state index contributed by atoms with van der Waals surface area (Å²) in [7, 11) is 1.46. The molecule has 1 aromatic carbocycles. The fraction of sp³-hybridized carbons (Fsp3) is 0.111. The number of nitrogens with one attached hydrogen (secondary N) is 2. The number of halogens is 1. The van der Waals surface area contributed by atoms with Gasteiger partial charge < -0.3 is 10.5 Å². The van der Waals surface area contributed by atoms with E-state index in [4.69, 9.17) is 22.1 Å². The van der Waals surface area contributed by atoms with E-state index in [1.54, 1.807) is 12.1 Å². The molecule has 0 heterocycles. The third-order valence-corrected chi connectivity index (χ3v) is 2.04. The number of methoxy groups -OCH3 is 1. The molecule has 1 rings (SSSR count). The number of benzene rings is 1. The number of amides is 1. The van der Waals surface area contributed by atoms with Crippen molar-refractivity contribution in [3.05, 3.63) is 28.8 Å². The summed E-state index contributed by atoms with van der Waals surface area (Å²) < 4.78 is 5.02. The van der Waals surface area contributed by atoms with Crippen molar-refractivity contribution >= 4 is 34.8 Å². The maximum atomic E-state index is 11.7. The number of hydrogen-bond acceptors (Lipinski definition) is 3. The Kier molecular flexibility index (Phi) is 4.33. The van der Waals surface area contributed by atoms with Crippen molar-refractivity contribution in [2.24, 2.45) is 5.73 Å². The first-order valence-corrected chi connectivity index (χ1v) is 5.02. The van der Waals surface area contributed by atoms with Gasteiger partial charge in [-0.15, -0.1) is 0 Å². The molecule has 0 saturated heterocycles. The molecule has 86 valence electrons. The molecule has 0 aliphatic rings. The first kappa shape index (κ1) is 12.5. The Morgan fingerprint density at radius 1 is 1.50 bits per heavy atom. The van der Waals surface area contributed by atoms with E-state index in [-0.39, 0.29) is 5.11 Å². The second kappa shape index (κ2) is 5.53. The van der Waals surface area contributed by atoms with Crippen LogP contribution >= 0.6 is 23.8 Å². The third-order valence-electron chi connectivity index (χ3n) is 1.71. The molecule has 5 nitrogen and oxygen atoms in total. The van der Waals surface area contributed by atoms with E-state index in [0.29, 0.717) is 16.3 Å². The smallest absolute Gasteiger partial charge is 0.273 e. The minimum Gasteiger partial charge on any atom is -0.496 e. The number of thiocarbonyl (C=S) groups is 1. The van der Waals surface area contributed by atoms with E-state index < -0.39 is 5.91 Å². The summed E-state index contributed by atoms with van der Waals surface area (Å²) in [6.45, 7) is 0. The van der Waals surface area contributed by atoms with Crippen molar-refractivity contribution in [3.63, 3.8) is 0 Å². The first-order chi connectivity index (χ1) is 7.54. The molecule has 0 unspecified atom stereocenters. The summed E-state index contributed by atoms with van der Waals surface area (Å²) in [4.78, 5) is 11.7. The van der Waals surface area contributed by atoms with Gasteiger partial charge in [-0.1, -0.05) is 11.6 Å². The van der Waals surface area contributed by atoms with Gasteiger partial charge in [0.1, 0.15) is 5.75 Å². The minimum atomic E-state index is -0.438. The second-order valence-corrected chi connectivity index (χ2v) is 3.66. The summed E-state index contributed by atoms with van der Waals surface area (Å²) in [6.07, 6.45) is 0. The lowest BCUT2D eigenvalue weighted by Gasteiger charge is -2.10. The summed E-state index contributed by atoms with van der Waals surface area (Å²) >= 11 is 10.3. The third kappa shape index (κ3) is 3.25. The van der Waals surface area contributed by atoms with Crippen molar-refractivity contribution in [1.29, 1.82) is 0 Å². The summed E-state index contributed by atoms with van der Waals surface area (Å²) in [5, 5.41) is 0.399. The van der Waals surface area contributed by atoms with Gasteiger partial charge in [0.2, 0.25) is 0 Å². The Labute approximate surface area is 103 Å². The highest BCUT2D eigenvalue weighted by molar-refractivity contribution is 7.80. The Hall–Kier alpha value is -1.53. The zero-order valence-electron chi connectivity index (χ0n) is 8.41. The van der Waals surface area contributed by atoms with Crippen molar-refractivity contribution in [3.8, 4) is 5.75 Å². The Bertz CT molecular complexity index is 425. The highest BCUT2D eigenvalue weighted by Crippen LogP contribution is 2.22. The van der Waals surface area contributed by atoms with Crippen molar-refractivity contribution in [2.75, 3.05) is 7.11 Å². The van der Waals surface area contributed by atoms with Gasteiger partial charge in [0, 0.05) is 5.02 Å². The van der Waals surface area contributed by atoms with E-state index in [1.807, 2.05) is 0 Å². The highest BCUT2D eigenvalue weighted by atomic mass is 35.5. The van der Waals surface area contributed by atoms with Crippen LogP contribution in [0.3, 0.4) is 0 Å². The van der Waals surface area contributed by atoms with Crippen LogP contribution in [0.4, 0.5) is 0 Å². The van der Waals surface area contributed by atoms with Gasteiger partial charge in [0.25, 0.3) is 5.91 Å². The molecular weight excluding hydrogens is 250 g/mol. The van der Waals surface area contributed by atoms with Crippen LogP contribution in [0.2, 0.25) is 5.02 Å². The molecule has 0 aliphatic heterocycles. The molecule has 0 aliphatic carbocycles. The van der Waals surface area contributed by atoms with Crippen molar-refractivity contribution in [2.45, 2.75) is 0 Å². The van der Waals surface area contributed by atoms with E-state index in [9.17, 15) is 4.79 Å². The first-order valence-electron chi connectivity index (χ1n) is 4.24. The Balaban J connectivity index is 2.88. The summed E-state index contributed by atoms with van der Waals surface area (Å²) in [5.41, 5.74) is 10.1. The molecule has 1 aromatic rings. The molecule has 0 atom stereocenters. The Morgan fingerprint density at radius 2 is 2.19 bits per heavy atom. The van der Waals surface area contributed by atoms with Gasteiger partial charge in [0.05, 0.1) is 12.7 Å². The van der Waals surface area contributed by atoms with Gasteiger partial charge in [-0.25, -0.2) is 0 Å². The normalized spacial score (nSPS) is 9.38. The summed E-state index contributed by atoms with van der Waals surface area (Å²) in [6, 6.07) is 4.70. The monoisotopic (exact) mass is 259 g/mol. The zero-order valence-corrected chi connectivity index (χ0v) is 9.98. The topological polar surface area (TPSA) is 76.4 Å². The molecule has 0 saturated carbocycles. The second-order valence-electron chi connectivity index (χ2n) is 2.79. The van der Waals surface area contributed by atoms with Gasteiger partial charge in [-0.05, 0) is 30.4 Å². The number of rotatable bonds is 2. The molecule has 4 N–H and O–H groups in total. The molecule has 0 fully saturated rings. The lowest BCUT2D eigenvalue weighted by molar-refractivity contribution is 0.0941. The molecular formula is C9H10ClN3O2S. The molecule has 1 amide bonds. The van der Waals surface area contributed by atoms with E-state index in [2.05, 4.69) is 23.1 Å². The van der Waals surface area contributed by atoms with E-state index in [0.717, 1.165) is 0 Å². The van der Waals surface area contributed by atoms with Gasteiger partial charge in [-0.3, -0.25) is 15.6 Å². The molecule has 0 aromatic heterocycles. The minimum absolute atomic E-state index is 0.0330. The van der Waals surface area contributed by atoms with Crippen LogP contribution in [0.25, 0.3) is 0 Å². The lowest BCUT2D eigenvalue weighted by atomic mass is 10.2. The molecule has 0 spiro atoms. The molecule has 7 heteroatoms. The molecule has 16 heavy (non-hydrogen) atoms. The van der Waals surface area contributed by atoms with Crippen LogP contribution in [-0.4, -0.2) is 18.1 Å². The molecule has 0 bridgehead atoms. The highest BCUT2D eigenvalue weighted by Gasteiger charge is 2.12. The van der Waals surface area contributed by atoms with Crippen LogP contribution in [-0.2, 0) is 0 Å². The average molecular weight is 260 g/mol. The van der Waals surface area contributed by atoms with Gasteiger partial charge in [0.15, 0.2) is 5.11 Å². The number of nitrogens with two attached hydrogens (primary N) is 1. The maximum absolute atomic E-state index is 11.7. The van der Waals surface area contributed by atoms with Crippen molar-refractivity contribution < 1.29 is 9.53 Å². The van der Waals surface area contributed by atoms with E-state index >= 15 is 0 Å². The average Bonchev–Trinajstić information content (AvgIpc) is 2.25. The maximum Gasteiger partial charge on any atom is 0.273 e. The quantitative estimate of drug-likeness (QED) is 0.542. The molecule has 0 radical (unpaired) electrons. The van der Waals surface area contributed by atoms with E-state index in [1.165, 1.54) is 13.2 Å². The predicted octanol–water partition coefficient (Wildman–Crippen LogP) is 0.827. The Morgan fingerprint density at radius 3 is 2.75 bits per heavy atom.